The van der Waals surface area contributed by atoms with E-state index in [1.807, 2.05) is 0 Å². The van der Waals surface area contributed by atoms with Crippen molar-refractivity contribution in [3.8, 4) is 0 Å². The van der Waals surface area contributed by atoms with Crippen LogP contribution in [0.3, 0.4) is 0 Å². The summed E-state index contributed by atoms with van der Waals surface area (Å²) in [4.78, 5) is 6.82. The Morgan fingerprint density at radius 1 is 1.19 bits per heavy atom. The molecular weight excluding hydrogens is 202 g/mol. The van der Waals surface area contributed by atoms with E-state index in [0.717, 1.165) is 18.9 Å². The third kappa shape index (κ3) is 2.23. The lowest BCUT2D eigenvalue weighted by molar-refractivity contribution is 0.572. The lowest BCUT2D eigenvalue weighted by atomic mass is 10.1. The quantitative estimate of drug-likeness (QED) is 0.833. The third-order valence-electron chi connectivity index (χ3n) is 3.14. The lowest BCUT2D eigenvalue weighted by Crippen LogP contribution is -2.30. The van der Waals surface area contributed by atoms with Crippen LogP contribution >= 0.6 is 0 Å². The van der Waals surface area contributed by atoms with Crippen LogP contribution in [0.5, 0.6) is 0 Å². The van der Waals surface area contributed by atoms with Crippen LogP contribution < -0.4 is 10.2 Å². The van der Waals surface area contributed by atoms with E-state index in [1.165, 1.54) is 32.1 Å². The monoisotopic (exact) mass is 219 g/mol. The summed E-state index contributed by atoms with van der Waals surface area (Å²) in [7, 11) is 0. The molecule has 3 rings (SSSR count). The van der Waals surface area contributed by atoms with E-state index < -0.39 is 0 Å². The van der Waals surface area contributed by atoms with Gasteiger partial charge in [-0.05, 0) is 32.1 Å². The molecule has 0 radical (unpaired) electrons. The Morgan fingerprint density at radius 2 is 2.00 bits per heavy atom. The van der Waals surface area contributed by atoms with Gasteiger partial charge in [0.05, 0.1) is 6.20 Å². The van der Waals surface area contributed by atoms with Crippen LogP contribution in [0.25, 0.3) is 0 Å². The SMILES string of the molecule is c1nnc(NC2CC2)nc1N1CCCCC1. The van der Waals surface area contributed by atoms with Gasteiger partial charge >= 0.3 is 0 Å². The summed E-state index contributed by atoms with van der Waals surface area (Å²) < 4.78 is 0. The molecule has 1 aromatic heterocycles. The number of piperidine rings is 1. The van der Waals surface area contributed by atoms with E-state index in [0.29, 0.717) is 12.0 Å². The molecule has 5 nitrogen and oxygen atoms in total. The summed E-state index contributed by atoms with van der Waals surface area (Å²) in [5.41, 5.74) is 0. The maximum absolute atomic E-state index is 4.52. The van der Waals surface area contributed by atoms with Crippen molar-refractivity contribution in [3.05, 3.63) is 6.20 Å². The van der Waals surface area contributed by atoms with Gasteiger partial charge < -0.3 is 10.2 Å². The van der Waals surface area contributed by atoms with Crippen LogP contribution in [-0.2, 0) is 0 Å². The van der Waals surface area contributed by atoms with Gasteiger partial charge in [-0.15, -0.1) is 5.10 Å². The van der Waals surface area contributed by atoms with Crippen LogP contribution in [0.15, 0.2) is 6.20 Å². The Kier molecular flexibility index (Phi) is 2.60. The van der Waals surface area contributed by atoms with Gasteiger partial charge in [-0.3, -0.25) is 0 Å². The van der Waals surface area contributed by atoms with Crippen LogP contribution in [0.2, 0.25) is 0 Å². The second kappa shape index (κ2) is 4.23. The predicted molar refractivity (Wildman–Crippen MR) is 62.5 cm³/mol. The molecule has 1 saturated carbocycles. The largest absolute Gasteiger partial charge is 0.355 e. The van der Waals surface area contributed by atoms with Crippen LogP contribution in [0.1, 0.15) is 32.1 Å². The van der Waals surface area contributed by atoms with Crippen LogP contribution in [-0.4, -0.2) is 34.3 Å². The standard InChI is InChI=1S/C11H17N5/c1-2-6-16(7-3-1)10-8-12-15-11(14-10)13-9-4-5-9/h8-9H,1-7H2,(H,13,14,15). The molecule has 2 aliphatic rings. The summed E-state index contributed by atoms with van der Waals surface area (Å²) in [5, 5.41) is 11.3. The molecule has 0 amide bonds. The Balaban J connectivity index is 1.72. The highest BCUT2D eigenvalue weighted by molar-refractivity contribution is 5.41. The van der Waals surface area contributed by atoms with E-state index in [4.69, 9.17) is 0 Å². The van der Waals surface area contributed by atoms with Crippen molar-refractivity contribution in [3.63, 3.8) is 0 Å². The first-order valence-corrected chi connectivity index (χ1v) is 6.13. The molecule has 0 atom stereocenters. The molecule has 1 aromatic rings. The second-order valence-electron chi connectivity index (χ2n) is 4.60. The van der Waals surface area contributed by atoms with Crippen LogP contribution in [0, 0.1) is 0 Å². The van der Waals surface area contributed by atoms with Gasteiger partial charge in [0.15, 0.2) is 5.82 Å². The van der Waals surface area contributed by atoms with Crippen molar-refractivity contribution >= 4 is 11.8 Å². The fourth-order valence-electron chi connectivity index (χ4n) is 2.04. The Morgan fingerprint density at radius 3 is 2.75 bits per heavy atom. The molecule has 1 N–H and O–H groups in total. The minimum Gasteiger partial charge on any atom is -0.355 e. The van der Waals surface area contributed by atoms with Crippen molar-refractivity contribution in [1.82, 2.24) is 15.2 Å². The molecule has 16 heavy (non-hydrogen) atoms. The first-order valence-electron chi connectivity index (χ1n) is 6.13. The summed E-state index contributed by atoms with van der Waals surface area (Å²) in [6.07, 6.45) is 8.09. The summed E-state index contributed by atoms with van der Waals surface area (Å²) in [6, 6.07) is 0.582. The van der Waals surface area contributed by atoms with Crippen LogP contribution in [0.4, 0.5) is 11.8 Å². The highest BCUT2D eigenvalue weighted by Gasteiger charge is 2.22. The first-order chi connectivity index (χ1) is 7.92. The normalized spacial score (nSPS) is 20.9. The van der Waals surface area contributed by atoms with Crippen molar-refractivity contribution in [2.24, 2.45) is 0 Å². The van der Waals surface area contributed by atoms with Crippen molar-refractivity contribution in [2.75, 3.05) is 23.3 Å². The zero-order valence-electron chi connectivity index (χ0n) is 9.39. The second-order valence-corrected chi connectivity index (χ2v) is 4.60. The Bertz CT molecular complexity index is 357. The summed E-state index contributed by atoms with van der Waals surface area (Å²) in [6.45, 7) is 2.20. The molecule has 1 saturated heterocycles. The highest BCUT2D eigenvalue weighted by atomic mass is 15.3. The fourth-order valence-corrected chi connectivity index (χ4v) is 2.04. The zero-order chi connectivity index (χ0) is 10.8. The van der Waals surface area contributed by atoms with Gasteiger partial charge in [0.2, 0.25) is 5.95 Å². The predicted octanol–water partition coefficient (Wildman–Crippen LogP) is 1.44. The van der Waals surface area contributed by atoms with E-state index in [-0.39, 0.29) is 0 Å². The fraction of sp³-hybridized carbons (Fsp3) is 0.727. The molecule has 86 valence electrons. The van der Waals surface area contributed by atoms with Crippen molar-refractivity contribution < 1.29 is 0 Å². The number of hydrogen-bond donors (Lipinski definition) is 1. The number of nitrogens with one attached hydrogen (secondary N) is 1. The average molecular weight is 219 g/mol. The molecule has 2 fully saturated rings. The molecule has 0 bridgehead atoms. The third-order valence-corrected chi connectivity index (χ3v) is 3.14. The first kappa shape index (κ1) is 9.81. The maximum atomic E-state index is 4.52. The van der Waals surface area contributed by atoms with Crippen molar-refractivity contribution in [2.45, 2.75) is 38.1 Å². The highest BCUT2D eigenvalue weighted by Crippen LogP contribution is 2.23. The van der Waals surface area contributed by atoms with Crippen molar-refractivity contribution in [1.29, 1.82) is 0 Å². The molecule has 5 heteroatoms. The molecule has 0 spiro atoms. The molecule has 0 unspecified atom stereocenters. The van der Waals surface area contributed by atoms with E-state index >= 15 is 0 Å². The number of hydrogen-bond acceptors (Lipinski definition) is 5. The smallest absolute Gasteiger partial charge is 0.244 e. The van der Waals surface area contributed by atoms with E-state index in [2.05, 4.69) is 25.4 Å². The lowest BCUT2D eigenvalue weighted by Gasteiger charge is -2.27. The molecule has 1 aliphatic heterocycles. The van der Waals surface area contributed by atoms with Gasteiger partial charge in [0.1, 0.15) is 0 Å². The van der Waals surface area contributed by atoms with Gasteiger partial charge in [-0.2, -0.15) is 10.1 Å². The maximum Gasteiger partial charge on any atom is 0.244 e. The van der Waals surface area contributed by atoms with E-state index in [1.54, 1.807) is 6.20 Å². The molecule has 1 aliphatic carbocycles. The Hall–Kier alpha value is -1.39. The molecule has 0 aromatic carbocycles. The minimum absolute atomic E-state index is 0.582. The molecule has 2 heterocycles. The number of aromatic nitrogens is 3. The number of rotatable bonds is 3. The number of nitrogens with zero attached hydrogens (tertiary/aromatic N) is 4. The molecular formula is C11H17N5. The zero-order valence-corrected chi connectivity index (χ0v) is 9.39. The van der Waals surface area contributed by atoms with Gasteiger partial charge in [-0.25, -0.2) is 0 Å². The van der Waals surface area contributed by atoms with Gasteiger partial charge in [-0.1, -0.05) is 0 Å². The van der Waals surface area contributed by atoms with Gasteiger partial charge in [0, 0.05) is 19.1 Å². The number of anilines is 2. The minimum atomic E-state index is 0.582. The summed E-state index contributed by atoms with van der Waals surface area (Å²) in [5.74, 6) is 1.66. The van der Waals surface area contributed by atoms with E-state index in [9.17, 15) is 0 Å². The Labute approximate surface area is 95.3 Å². The topological polar surface area (TPSA) is 53.9 Å². The summed E-state index contributed by atoms with van der Waals surface area (Å²) >= 11 is 0. The average Bonchev–Trinajstić information content (AvgIpc) is 3.15. The van der Waals surface area contributed by atoms with Gasteiger partial charge in [0.25, 0.3) is 0 Å².